The highest BCUT2D eigenvalue weighted by molar-refractivity contribution is 7.20. The molecule has 4 heterocycles. The number of rotatable bonds is 4. The van der Waals surface area contributed by atoms with Gasteiger partial charge in [-0.2, -0.15) is 4.52 Å². The average molecular weight is 363 g/mol. The van der Waals surface area contributed by atoms with Crippen LogP contribution in [-0.4, -0.2) is 52.3 Å². The van der Waals surface area contributed by atoms with Gasteiger partial charge in [0.1, 0.15) is 6.04 Å². The fraction of sp³-hybridized carbons (Fsp3) is 0.625. The first-order valence-corrected chi connectivity index (χ1v) is 9.47. The van der Waals surface area contributed by atoms with E-state index in [0.29, 0.717) is 22.3 Å². The van der Waals surface area contributed by atoms with Crippen molar-refractivity contribution in [1.82, 2.24) is 19.9 Å². The van der Waals surface area contributed by atoms with Crippen LogP contribution in [0.4, 0.5) is 5.13 Å². The highest BCUT2D eigenvalue weighted by Crippen LogP contribution is 2.29. The van der Waals surface area contributed by atoms with Crippen molar-refractivity contribution in [2.75, 3.05) is 24.6 Å². The summed E-state index contributed by atoms with van der Waals surface area (Å²) in [6.45, 7) is 3.88. The lowest BCUT2D eigenvalue weighted by Gasteiger charge is -2.23. The number of nitrogens with one attached hydrogen (secondary N) is 1. The minimum Gasteiger partial charge on any atom is -0.376 e. The van der Waals surface area contributed by atoms with Gasteiger partial charge in [0.2, 0.25) is 16.0 Å². The molecule has 0 aliphatic carbocycles. The minimum atomic E-state index is -0.251. The zero-order chi connectivity index (χ0) is 17.4. The van der Waals surface area contributed by atoms with Crippen LogP contribution < -0.4 is 15.8 Å². The molecule has 0 aromatic carbocycles. The van der Waals surface area contributed by atoms with E-state index in [1.54, 1.807) is 6.92 Å². The van der Waals surface area contributed by atoms with Crippen molar-refractivity contribution in [3.8, 4) is 0 Å². The maximum Gasteiger partial charge on any atom is 0.275 e. The van der Waals surface area contributed by atoms with Crippen molar-refractivity contribution in [3.63, 3.8) is 0 Å². The Balaban J connectivity index is 1.51. The van der Waals surface area contributed by atoms with Crippen molar-refractivity contribution < 1.29 is 9.53 Å². The second kappa shape index (κ2) is 6.72. The number of ether oxygens (including phenoxy) is 1. The van der Waals surface area contributed by atoms with Crippen LogP contribution >= 0.6 is 11.3 Å². The molecule has 25 heavy (non-hydrogen) atoms. The number of carbonyl (C=O) groups excluding carboxylic acids is 1. The summed E-state index contributed by atoms with van der Waals surface area (Å²) in [6.07, 6.45) is 3.90. The van der Waals surface area contributed by atoms with Crippen LogP contribution in [0.15, 0.2) is 10.9 Å². The largest absolute Gasteiger partial charge is 0.376 e. The third kappa shape index (κ3) is 3.25. The van der Waals surface area contributed by atoms with Gasteiger partial charge in [-0.05, 0) is 32.6 Å². The van der Waals surface area contributed by atoms with Crippen LogP contribution in [0.1, 0.15) is 31.4 Å². The van der Waals surface area contributed by atoms with E-state index in [-0.39, 0.29) is 23.6 Å². The summed E-state index contributed by atoms with van der Waals surface area (Å²) in [6, 6.07) is 1.21. The van der Waals surface area contributed by atoms with E-state index in [9.17, 15) is 9.59 Å². The molecule has 2 atom stereocenters. The number of hydrogen-bond acceptors (Lipinski definition) is 7. The molecule has 1 amide bonds. The van der Waals surface area contributed by atoms with Gasteiger partial charge >= 0.3 is 0 Å². The lowest BCUT2D eigenvalue weighted by atomic mass is 10.2. The maximum atomic E-state index is 12.6. The molecule has 8 nitrogen and oxygen atoms in total. The Kier molecular flexibility index (Phi) is 4.43. The molecule has 0 saturated carbocycles. The number of fused-ring (bicyclic) bond motifs is 1. The molecular formula is C16H21N5O3S. The lowest BCUT2D eigenvalue weighted by Crippen LogP contribution is -2.45. The van der Waals surface area contributed by atoms with Crippen LogP contribution in [0.3, 0.4) is 0 Å². The van der Waals surface area contributed by atoms with Gasteiger partial charge in [-0.3, -0.25) is 9.59 Å². The van der Waals surface area contributed by atoms with E-state index < -0.39 is 0 Å². The number of amides is 1. The summed E-state index contributed by atoms with van der Waals surface area (Å²) in [5.41, 5.74) is 0.482. The molecule has 2 aromatic rings. The predicted octanol–water partition coefficient (Wildman–Crippen LogP) is 0.723. The van der Waals surface area contributed by atoms with Gasteiger partial charge in [0, 0.05) is 31.5 Å². The Morgan fingerprint density at radius 2 is 2.32 bits per heavy atom. The van der Waals surface area contributed by atoms with Gasteiger partial charge < -0.3 is 15.0 Å². The minimum absolute atomic E-state index is 0.00347. The van der Waals surface area contributed by atoms with Crippen LogP contribution in [0.2, 0.25) is 0 Å². The van der Waals surface area contributed by atoms with Gasteiger partial charge in [-0.25, -0.2) is 4.98 Å². The zero-order valence-electron chi connectivity index (χ0n) is 14.1. The normalized spacial score (nSPS) is 23.5. The molecule has 134 valence electrons. The topological polar surface area (TPSA) is 88.8 Å². The number of anilines is 1. The predicted molar refractivity (Wildman–Crippen MR) is 94.2 cm³/mol. The fourth-order valence-electron chi connectivity index (χ4n) is 3.43. The third-order valence-corrected chi connectivity index (χ3v) is 5.64. The fourth-order valence-corrected chi connectivity index (χ4v) is 4.46. The van der Waals surface area contributed by atoms with E-state index in [2.05, 4.69) is 15.4 Å². The first-order chi connectivity index (χ1) is 12.1. The SMILES string of the molecule is Cc1cc(=O)n2nc(N3CCCC3C(=O)NCC3CCCO3)sc2n1. The molecule has 2 aromatic heterocycles. The molecule has 0 bridgehead atoms. The van der Waals surface area contributed by atoms with E-state index in [1.807, 2.05) is 4.90 Å². The summed E-state index contributed by atoms with van der Waals surface area (Å²) < 4.78 is 6.87. The zero-order valence-corrected chi connectivity index (χ0v) is 14.9. The molecule has 1 N–H and O–H groups in total. The van der Waals surface area contributed by atoms with Crippen molar-refractivity contribution in [3.05, 3.63) is 22.1 Å². The quantitative estimate of drug-likeness (QED) is 0.861. The second-order valence-electron chi connectivity index (χ2n) is 6.55. The number of carbonyl (C=O) groups is 1. The van der Waals surface area contributed by atoms with Gasteiger partial charge in [0.05, 0.1) is 6.10 Å². The average Bonchev–Trinajstić information content (AvgIpc) is 3.31. The number of nitrogens with zero attached hydrogens (tertiary/aromatic N) is 4. The molecule has 0 spiro atoms. The molecule has 2 aliphatic heterocycles. The number of aromatic nitrogens is 3. The Hall–Kier alpha value is -2.00. The molecule has 9 heteroatoms. The molecule has 2 saturated heterocycles. The molecule has 2 aliphatic rings. The number of hydrogen-bond donors (Lipinski definition) is 1. The van der Waals surface area contributed by atoms with Gasteiger partial charge in [-0.15, -0.1) is 5.10 Å². The van der Waals surface area contributed by atoms with Crippen LogP contribution in [0.25, 0.3) is 4.96 Å². The Morgan fingerprint density at radius 1 is 1.44 bits per heavy atom. The Morgan fingerprint density at radius 3 is 3.12 bits per heavy atom. The van der Waals surface area contributed by atoms with E-state index in [1.165, 1.54) is 21.9 Å². The smallest absolute Gasteiger partial charge is 0.275 e. The monoisotopic (exact) mass is 363 g/mol. The van der Waals surface area contributed by atoms with Crippen molar-refractivity contribution >= 4 is 27.3 Å². The Labute approximate surface area is 148 Å². The second-order valence-corrected chi connectivity index (χ2v) is 7.48. The summed E-state index contributed by atoms with van der Waals surface area (Å²) in [5.74, 6) is 0.00347. The third-order valence-electron chi connectivity index (χ3n) is 4.69. The van der Waals surface area contributed by atoms with E-state index in [0.717, 1.165) is 38.8 Å². The van der Waals surface area contributed by atoms with Gasteiger partial charge in [-0.1, -0.05) is 11.3 Å². The first-order valence-electron chi connectivity index (χ1n) is 8.65. The standard InChI is InChI=1S/C16H21N5O3S/c1-10-8-13(22)21-15(18-10)25-16(19-21)20-6-2-5-12(20)14(23)17-9-11-4-3-7-24-11/h8,11-12H,2-7,9H2,1H3,(H,17,23). The maximum absolute atomic E-state index is 12.6. The summed E-state index contributed by atoms with van der Waals surface area (Å²) >= 11 is 1.35. The molecule has 2 fully saturated rings. The highest BCUT2D eigenvalue weighted by atomic mass is 32.1. The Bertz CT molecular complexity index is 842. The summed E-state index contributed by atoms with van der Waals surface area (Å²) in [7, 11) is 0. The van der Waals surface area contributed by atoms with E-state index in [4.69, 9.17) is 4.74 Å². The van der Waals surface area contributed by atoms with Gasteiger partial charge in [0.25, 0.3) is 5.56 Å². The van der Waals surface area contributed by atoms with E-state index >= 15 is 0 Å². The van der Waals surface area contributed by atoms with Crippen molar-refractivity contribution in [1.29, 1.82) is 0 Å². The molecule has 2 unspecified atom stereocenters. The van der Waals surface area contributed by atoms with Crippen molar-refractivity contribution in [2.45, 2.75) is 44.8 Å². The summed E-state index contributed by atoms with van der Waals surface area (Å²) in [5, 5.41) is 8.07. The van der Waals surface area contributed by atoms with Crippen LogP contribution in [0, 0.1) is 6.92 Å². The highest BCUT2D eigenvalue weighted by Gasteiger charge is 2.33. The van der Waals surface area contributed by atoms with Crippen LogP contribution in [0.5, 0.6) is 0 Å². The van der Waals surface area contributed by atoms with Crippen molar-refractivity contribution in [2.24, 2.45) is 0 Å². The van der Waals surface area contributed by atoms with Crippen LogP contribution in [-0.2, 0) is 9.53 Å². The van der Waals surface area contributed by atoms with Gasteiger partial charge in [0.15, 0.2) is 0 Å². The lowest BCUT2D eigenvalue weighted by molar-refractivity contribution is -0.122. The number of aryl methyl sites for hydroxylation is 1. The summed E-state index contributed by atoms with van der Waals surface area (Å²) in [4.78, 5) is 31.6. The first kappa shape index (κ1) is 16.5. The molecular weight excluding hydrogens is 342 g/mol. The molecule has 4 rings (SSSR count). The molecule has 0 radical (unpaired) electrons.